The van der Waals surface area contributed by atoms with Crippen LogP contribution in [0.2, 0.25) is 0 Å². The molecule has 5 heteroatoms. The lowest BCUT2D eigenvalue weighted by Crippen LogP contribution is -2.12. The molecule has 5 nitrogen and oxygen atoms in total. The summed E-state index contributed by atoms with van der Waals surface area (Å²) in [6.07, 6.45) is 1.38. The van der Waals surface area contributed by atoms with Crippen molar-refractivity contribution >= 4 is 22.7 Å². The van der Waals surface area contributed by atoms with Gasteiger partial charge in [0.1, 0.15) is 11.3 Å². The Bertz CT molecular complexity index is 567. The van der Waals surface area contributed by atoms with Gasteiger partial charge in [-0.15, -0.1) is 0 Å². The SMILES string of the molecule is COc1ccc(C(=O)C(=O)O)c2occc12. The van der Waals surface area contributed by atoms with Gasteiger partial charge in [-0.05, 0) is 18.2 Å². The molecule has 2 rings (SSSR count). The molecular weight excluding hydrogens is 212 g/mol. The van der Waals surface area contributed by atoms with E-state index in [4.69, 9.17) is 14.3 Å². The van der Waals surface area contributed by atoms with E-state index in [0.717, 1.165) is 0 Å². The molecule has 0 saturated heterocycles. The zero-order valence-electron chi connectivity index (χ0n) is 8.39. The van der Waals surface area contributed by atoms with Crippen molar-refractivity contribution in [2.45, 2.75) is 0 Å². The van der Waals surface area contributed by atoms with Gasteiger partial charge in [-0.2, -0.15) is 0 Å². The molecule has 0 saturated carbocycles. The molecule has 1 aromatic carbocycles. The number of fused-ring (bicyclic) bond motifs is 1. The number of ketones is 1. The number of ether oxygens (including phenoxy) is 1. The third-order valence-electron chi connectivity index (χ3n) is 2.24. The van der Waals surface area contributed by atoms with E-state index in [2.05, 4.69) is 0 Å². The summed E-state index contributed by atoms with van der Waals surface area (Å²) >= 11 is 0. The van der Waals surface area contributed by atoms with Crippen LogP contribution in [0.1, 0.15) is 10.4 Å². The molecule has 0 spiro atoms. The standard InChI is InChI=1S/C11H8O5/c1-15-8-3-2-7(9(12)11(13)14)10-6(8)4-5-16-10/h2-5H,1H3,(H,13,14). The Labute approximate surface area is 90.2 Å². The fourth-order valence-corrected chi connectivity index (χ4v) is 1.51. The van der Waals surface area contributed by atoms with Crippen LogP contribution in [0, 0.1) is 0 Å². The zero-order valence-corrected chi connectivity index (χ0v) is 8.39. The summed E-state index contributed by atoms with van der Waals surface area (Å²) in [6, 6.07) is 4.53. The van der Waals surface area contributed by atoms with E-state index in [1.165, 1.54) is 25.5 Å². The molecule has 1 heterocycles. The smallest absolute Gasteiger partial charge is 0.377 e. The van der Waals surface area contributed by atoms with Crippen LogP contribution in [0.15, 0.2) is 28.9 Å². The Hall–Kier alpha value is -2.30. The van der Waals surface area contributed by atoms with E-state index in [0.29, 0.717) is 11.1 Å². The van der Waals surface area contributed by atoms with E-state index < -0.39 is 11.8 Å². The normalized spacial score (nSPS) is 10.3. The Morgan fingerprint density at radius 3 is 2.69 bits per heavy atom. The molecule has 2 aromatic rings. The fourth-order valence-electron chi connectivity index (χ4n) is 1.51. The monoisotopic (exact) mass is 220 g/mol. The number of Topliss-reactive ketones (excluding diaryl/α,β-unsaturated/α-hetero) is 1. The first-order valence-electron chi connectivity index (χ1n) is 4.47. The lowest BCUT2D eigenvalue weighted by molar-refractivity contribution is -0.131. The molecule has 0 atom stereocenters. The topological polar surface area (TPSA) is 76.7 Å². The maximum Gasteiger partial charge on any atom is 0.377 e. The average molecular weight is 220 g/mol. The highest BCUT2D eigenvalue weighted by Gasteiger charge is 2.20. The van der Waals surface area contributed by atoms with Crippen molar-refractivity contribution in [2.75, 3.05) is 7.11 Å². The number of carboxylic acid groups (broad SMARTS) is 1. The van der Waals surface area contributed by atoms with E-state index >= 15 is 0 Å². The summed E-state index contributed by atoms with van der Waals surface area (Å²) < 4.78 is 10.2. The summed E-state index contributed by atoms with van der Waals surface area (Å²) in [4.78, 5) is 22.0. The molecule has 0 unspecified atom stereocenters. The number of benzene rings is 1. The first kappa shape index (κ1) is 10.2. The second-order valence-corrected chi connectivity index (χ2v) is 3.11. The minimum atomic E-state index is -1.51. The third-order valence-corrected chi connectivity index (χ3v) is 2.24. The van der Waals surface area contributed by atoms with Gasteiger partial charge in [0.15, 0.2) is 0 Å². The van der Waals surface area contributed by atoms with Gasteiger partial charge in [0, 0.05) is 0 Å². The van der Waals surface area contributed by atoms with Crippen LogP contribution in [0.25, 0.3) is 11.0 Å². The highest BCUT2D eigenvalue weighted by Crippen LogP contribution is 2.29. The number of methoxy groups -OCH3 is 1. The number of hydrogen-bond acceptors (Lipinski definition) is 4. The molecule has 0 bridgehead atoms. The van der Waals surface area contributed by atoms with Gasteiger partial charge in [-0.25, -0.2) is 4.79 Å². The van der Waals surface area contributed by atoms with Crippen molar-refractivity contribution in [2.24, 2.45) is 0 Å². The molecule has 16 heavy (non-hydrogen) atoms. The molecule has 1 aromatic heterocycles. The number of furan rings is 1. The second kappa shape index (κ2) is 3.69. The number of carboxylic acids is 1. The molecule has 0 aliphatic heterocycles. The van der Waals surface area contributed by atoms with Crippen LogP contribution in [-0.4, -0.2) is 24.0 Å². The molecule has 0 amide bonds. The minimum Gasteiger partial charge on any atom is -0.496 e. The first-order valence-corrected chi connectivity index (χ1v) is 4.47. The summed E-state index contributed by atoms with van der Waals surface area (Å²) in [7, 11) is 1.49. The quantitative estimate of drug-likeness (QED) is 0.629. The summed E-state index contributed by atoms with van der Waals surface area (Å²) in [5.41, 5.74) is 0.250. The Kier molecular flexibility index (Phi) is 2.36. The number of rotatable bonds is 3. The van der Waals surface area contributed by atoms with Crippen LogP contribution in [0.3, 0.4) is 0 Å². The Morgan fingerprint density at radius 2 is 2.06 bits per heavy atom. The van der Waals surface area contributed by atoms with Crippen LogP contribution in [-0.2, 0) is 4.79 Å². The zero-order chi connectivity index (χ0) is 11.7. The summed E-state index contributed by atoms with van der Waals surface area (Å²) in [5, 5.41) is 9.21. The van der Waals surface area contributed by atoms with Crippen LogP contribution in [0.4, 0.5) is 0 Å². The number of carbonyl (C=O) groups excluding carboxylic acids is 1. The van der Waals surface area contributed by atoms with Crippen LogP contribution < -0.4 is 4.74 Å². The highest BCUT2D eigenvalue weighted by molar-refractivity contribution is 6.42. The summed E-state index contributed by atoms with van der Waals surface area (Å²) in [6.45, 7) is 0. The predicted molar refractivity (Wildman–Crippen MR) is 54.7 cm³/mol. The van der Waals surface area contributed by atoms with Crippen molar-refractivity contribution in [1.82, 2.24) is 0 Å². The lowest BCUT2D eigenvalue weighted by Gasteiger charge is -2.03. The third kappa shape index (κ3) is 1.42. The Morgan fingerprint density at radius 1 is 1.31 bits per heavy atom. The van der Waals surface area contributed by atoms with Gasteiger partial charge < -0.3 is 14.3 Å². The maximum atomic E-state index is 11.4. The van der Waals surface area contributed by atoms with E-state index in [-0.39, 0.29) is 11.1 Å². The van der Waals surface area contributed by atoms with E-state index in [9.17, 15) is 9.59 Å². The van der Waals surface area contributed by atoms with Crippen molar-refractivity contribution in [3.05, 3.63) is 30.0 Å². The van der Waals surface area contributed by atoms with Gasteiger partial charge >= 0.3 is 5.97 Å². The van der Waals surface area contributed by atoms with Gasteiger partial charge in [-0.3, -0.25) is 4.79 Å². The van der Waals surface area contributed by atoms with Crippen molar-refractivity contribution in [3.63, 3.8) is 0 Å². The Balaban J connectivity index is 2.69. The second-order valence-electron chi connectivity index (χ2n) is 3.11. The number of hydrogen-bond donors (Lipinski definition) is 1. The van der Waals surface area contributed by atoms with Crippen molar-refractivity contribution in [3.8, 4) is 5.75 Å². The van der Waals surface area contributed by atoms with Gasteiger partial charge in [0.05, 0.1) is 24.3 Å². The molecule has 1 N–H and O–H groups in total. The molecule has 0 aliphatic carbocycles. The number of aliphatic carboxylic acids is 1. The highest BCUT2D eigenvalue weighted by atomic mass is 16.5. The molecule has 0 fully saturated rings. The number of carbonyl (C=O) groups is 2. The molecule has 0 radical (unpaired) electrons. The minimum absolute atomic E-state index is 0.0216. The first-order chi connectivity index (χ1) is 7.65. The van der Waals surface area contributed by atoms with Gasteiger partial charge in [-0.1, -0.05) is 0 Å². The van der Waals surface area contributed by atoms with Crippen LogP contribution in [0.5, 0.6) is 5.75 Å². The predicted octanol–water partition coefficient (Wildman–Crippen LogP) is 1.71. The van der Waals surface area contributed by atoms with E-state index in [1.54, 1.807) is 6.07 Å². The average Bonchev–Trinajstić information content (AvgIpc) is 2.75. The lowest BCUT2D eigenvalue weighted by atomic mass is 10.1. The van der Waals surface area contributed by atoms with Crippen molar-refractivity contribution < 1.29 is 23.8 Å². The molecule has 0 aliphatic rings. The van der Waals surface area contributed by atoms with E-state index in [1.807, 2.05) is 0 Å². The van der Waals surface area contributed by atoms with Gasteiger partial charge in [0.25, 0.3) is 5.78 Å². The van der Waals surface area contributed by atoms with Crippen molar-refractivity contribution in [1.29, 1.82) is 0 Å². The fraction of sp³-hybridized carbons (Fsp3) is 0.0909. The molecule has 82 valence electrons. The van der Waals surface area contributed by atoms with Gasteiger partial charge in [0.2, 0.25) is 0 Å². The maximum absolute atomic E-state index is 11.4. The largest absolute Gasteiger partial charge is 0.496 e. The summed E-state index contributed by atoms with van der Waals surface area (Å²) in [5.74, 6) is -1.98. The van der Waals surface area contributed by atoms with Crippen LogP contribution >= 0.6 is 0 Å². The molecular formula is C11H8O5.